The van der Waals surface area contributed by atoms with Crippen LogP contribution in [0.5, 0.6) is 5.75 Å². The molecule has 0 aliphatic carbocycles. The zero-order valence-corrected chi connectivity index (χ0v) is 15.1. The van der Waals surface area contributed by atoms with Gasteiger partial charge in [0.25, 0.3) is 5.91 Å². The predicted octanol–water partition coefficient (Wildman–Crippen LogP) is 3.76. The van der Waals surface area contributed by atoms with E-state index < -0.39 is 5.82 Å². The number of fused-ring (bicyclic) bond motifs is 1. The van der Waals surface area contributed by atoms with E-state index in [1.165, 1.54) is 17.7 Å². The van der Waals surface area contributed by atoms with Crippen LogP contribution in [0, 0.1) is 5.82 Å². The summed E-state index contributed by atoms with van der Waals surface area (Å²) in [5, 5.41) is 0.163. The van der Waals surface area contributed by atoms with Gasteiger partial charge in [-0.1, -0.05) is 35.9 Å². The van der Waals surface area contributed by atoms with Crippen LogP contribution in [0.4, 0.5) is 4.39 Å². The van der Waals surface area contributed by atoms with Gasteiger partial charge in [-0.2, -0.15) is 0 Å². The Balaban J connectivity index is 1.46. The summed E-state index contributed by atoms with van der Waals surface area (Å²) in [5.74, 6) is 0.0452. The Morgan fingerprint density at radius 2 is 1.85 bits per heavy atom. The Labute approximate surface area is 157 Å². The molecule has 0 bridgehead atoms. The summed E-state index contributed by atoms with van der Waals surface area (Å²) in [6, 6.07) is 12.7. The predicted molar refractivity (Wildman–Crippen MR) is 98.2 cm³/mol. The summed E-state index contributed by atoms with van der Waals surface area (Å²) in [6.45, 7) is 3.31. The van der Waals surface area contributed by atoms with Gasteiger partial charge in [0.05, 0.1) is 17.2 Å². The zero-order chi connectivity index (χ0) is 18.1. The van der Waals surface area contributed by atoms with Crippen LogP contribution in [0.15, 0.2) is 42.5 Å². The average molecular weight is 375 g/mol. The van der Waals surface area contributed by atoms with E-state index in [0.717, 1.165) is 25.3 Å². The summed E-state index contributed by atoms with van der Waals surface area (Å²) in [7, 11) is 0. The van der Waals surface area contributed by atoms with E-state index in [9.17, 15) is 9.18 Å². The molecule has 4 rings (SSSR count). The van der Waals surface area contributed by atoms with Gasteiger partial charge in [-0.15, -0.1) is 0 Å². The molecule has 0 saturated carbocycles. The van der Waals surface area contributed by atoms with Crippen molar-refractivity contribution in [3.63, 3.8) is 0 Å². The van der Waals surface area contributed by atoms with Gasteiger partial charge in [-0.3, -0.25) is 9.69 Å². The molecular formula is C20H20ClFN2O2. The Morgan fingerprint density at radius 1 is 1.08 bits per heavy atom. The topological polar surface area (TPSA) is 32.8 Å². The van der Waals surface area contributed by atoms with Crippen LogP contribution in [-0.2, 0) is 0 Å². The number of hydrogen-bond donors (Lipinski definition) is 0. The highest BCUT2D eigenvalue weighted by atomic mass is 35.5. The minimum atomic E-state index is -0.566. The molecule has 0 radical (unpaired) electrons. The third-order valence-electron chi connectivity index (χ3n) is 5.15. The third-order valence-corrected chi connectivity index (χ3v) is 5.46. The lowest BCUT2D eigenvalue weighted by atomic mass is 9.98. The zero-order valence-electron chi connectivity index (χ0n) is 14.3. The summed E-state index contributed by atoms with van der Waals surface area (Å²) >= 11 is 6.04. The summed E-state index contributed by atoms with van der Waals surface area (Å²) in [6.07, 6.45) is 0.935. The van der Waals surface area contributed by atoms with Gasteiger partial charge in [-0.05, 0) is 18.2 Å². The van der Waals surface area contributed by atoms with Crippen LogP contribution < -0.4 is 4.74 Å². The van der Waals surface area contributed by atoms with E-state index in [2.05, 4.69) is 11.0 Å². The molecule has 0 aromatic heterocycles. The second-order valence-electron chi connectivity index (χ2n) is 6.62. The van der Waals surface area contributed by atoms with Gasteiger partial charge in [-0.25, -0.2) is 4.39 Å². The maximum absolute atomic E-state index is 14.0. The molecule has 2 aromatic carbocycles. The van der Waals surface area contributed by atoms with Crippen molar-refractivity contribution in [3.05, 3.63) is 64.4 Å². The van der Waals surface area contributed by atoms with E-state index >= 15 is 0 Å². The molecule has 4 nitrogen and oxygen atoms in total. The molecule has 136 valence electrons. The fourth-order valence-corrected chi connectivity index (χ4v) is 4.04. The Kier molecular flexibility index (Phi) is 4.83. The molecule has 2 heterocycles. The number of nitrogens with zero attached hydrogens (tertiary/aromatic N) is 2. The second-order valence-corrected chi connectivity index (χ2v) is 7.02. The van der Waals surface area contributed by atoms with Crippen molar-refractivity contribution in [1.29, 1.82) is 0 Å². The van der Waals surface area contributed by atoms with E-state index in [1.54, 1.807) is 11.0 Å². The van der Waals surface area contributed by atoms with Crippen molar-refractivity contribution in [2.24, 2.45) is 0 Å². The van der Waals surface area contributed by atoms with E-state index in [0.29, 0.717) is 25.7 Å². The standard InChI is InChI=1S/C20H20ClFN2O2/c21-15-5-3-6-16(22)19(15)20(25)24-11-9-23(10-12-24)17-8-13-26-18-7-2-1-4-14(17)18/h1-7,17H,8-13H2. The van der Waals surface area contributed by atoms with E-state index in [4.69, 9.17) is 16.3 Å². The normalized spacial score (nSPS) is 20.4. The monoisotopic (exact) mass is 374 g/mol. The number of para-hydroxylation sites is 1. The molecule has 1 saturated heterocycles. The minimum absolute atomic E-state index is 0.0287. The van der Waals surface area contributed by atoms with E-state index in [1.807, 2.05) is 18.2 Å². The molecule has 2 aliphatic heterocycles. The highest BCUT2D eigenvalue weighted by molar-refractivity contribution is 6.33. The van der Waals surface area contributed by atoms with E-state index in [-0.39, 0.29) is 16.5 Å². The SMILES string of the molecule is O=C(c1c(F)cccc1Cl)N1CCN(C2CCOc3ccccc32)CC1. The molecule has 0 spiro atoms. The largest absolute Gasteiger partial charge is 0.493 e. The first kappa shape index (κ1) is 17.3. The molecule has 0 N–H and O–H groups in total. The van der Waals surface area contributed by atoms with Crippen molar-refractivity contribution >= 4 is 17.5 Å². The lowest BCUT2D eigenvalue weighted by Crippen LogP contribution is -2.50. The number of halogens is 2. The first-order chi connectivity index (χ1) is 12.6. The third kappa shape index (κ3) is 3.17. The maximum atomic E-state index is 14.0. The lowest BCUT2D eigenvalue weighted by molar-refractivity contribution is 0.0507. The number of benzene rings is 2. The number of carbonyl (C=O) groups is 1. The minimum Gasteiger partial charge on any atom is -0.493 e. The Bertz CT molecular complexity index is 801. The van der Waals surface area contributed by atoms with Crippen LogP contribution >= 0.6 is 11.6 Å². The van der Waals surface area contributed by atoms with Crippen molar-refractivity contribution in [2.45, 2.75) is 12.5 Å². The number of carbonyl (C=O) groups excluding carboxylic acids is 1. The molecule has 1 fully saturated rings. The Morgan fingerprint density at radius 3 is 2.62 bits per heavy atom. The first-order valence-electron chi connectivity index (χ1n) is 8.84. The number of ether oxygens (including phenoxy) is 1. The highest BCUT2D eigenvalue weighted by Gasteiger charge is 2.31. The fraction of sp³-hybridized carbons (Fsp3) is 0.350. The summed E-state index contributed by atoms with van der Waals surface area (Å²) in [4.78, 5) is 16.8. The number of rotatable bonds is 2. The smallest absolute Gasteiger partial charge is 0.258 e. The molecule has 6 heteroatoms. The molecule has 2 aliphatic rings. The molecule has 1 unspecified atom stereocenters. The average Bonchev–Trinajstić information content (AvgIpc) is 2.67. The molecule has 26 heavy (non-hydrogen) atoms. The summed E-state index contributed by atoms with van der Waals surface area (Å²) < 4.78 is 19.8. The van der Waals surface area contributed by atoms with Crippen molar-refractivity contribution < 1.29 is 13.9 Å². The molecule has 1 amide bonds. The molecule has 2 aromatic rings. The first-order valence-corrected chi connectivity index (χ1v) is 9.22. The van der Waals surface area contributed by atoms with Crippen LogP contribution in [0.3, 0.4) is 0 Å². The van der Waals surface area contributed by atoms with Crippen LogP contribution in [0.1, 0.15) is 28.4 Å². The quantitative estimate of drug-likeness (QED) is 0.802. The maximum Gasteiger partial charge on any atom is 0.258 e. The van der Waals surface area contributed by atoms with Gasteiger partial charge >= 0.3 is 0 Å². The van der Waals surface area contributed by atoms with Crippen LogP contribution in [-0.4, -0.2) is 48.5 Å². The number of piperazine rings is 1. The van der Waals surface area contributed by atoms with Crippen molar-refractivity contribution in [1.82, 2.24) is 9.80 Å². The number of hydrogen-bond acceptors (Lipinski definition) is 3. The fourth-order valence-electron chi connectivity index (χ4n) is 3.80. The summed E-state index contributed by atoms with van der Waals surface area (Å²) in [5.41, 5.74) is 1.18. The van der Waals surface area contributed by atoms with Gasteiger partial charge < -0.3 is 9.64 Å². The van der Waals surface area contributed by atoms with Gasteiger partial charge in [0.15, 0.2) is 0 Å². The van der Waals surface area contributed by atoms with Crippen molar-refractivity contribution in [2.75, 3.05) is 32.8 Å². The highest BCUT2D eigenvalue weighted by Crippen LogP contribution is 2.36. The van der Waals surface area contributed by atoms with Gasteiger partial charge in [0.2, 0.25) is 0 Å². The van der Waals surface area contributed by atoms with Crippen LogP contribution in [0.25, 0.3) is 0 Å². The lowest BCUT2D eigenvalue weighted by Gasteiger charge is -2.41. The Hall–Kier alpha value is -2.11. The number of amides is 1. The van der Waals surface area contributed by atoms with Gasteiger partial charge in [0.1, 0.15) is 11.6 Å². The second kappa shape index (κ2) is 7.25. The van der Waals surface area contributed by atoms with Crippen LogP contribution in [0.2, 0.25) is 5.02 Å². The van der Waals surface area contributed by atoms with Gasteiger partial charge in [0, 0.05) is 44.2 Å². The molecule has 1 atom stereocenters. The molecular weight excluding hydrogens is 355 g/mol. The van der Waals surface area contributed by atoms with Crippen molar-refractivity contribution in [3.8, 4) is 5.75 Å².